The van der Waals surface area contributed by atoms with Crippen LogP contribution in [0.2, 0.25) is 0 Å². The molecule has 0 aliphatic heterocycles. The molecule has 0 amide bonds. The van der Waals surface area contributed by atoms with E-state index in [4.69, 9.17) is 11.1 Å². The van der Waals surface area contributed by atoms with Crippen molar-refractivity contribution >= 4 is 6.21 Å². The Balaban J connectivity index is 4.61. The molecule has 2 nitrogen and oxygen atoms in total. The van der Waals surface area contributed by atoms with Crippen LogP contribution in [0, 0.1) is 5.41 Å². The number of nitrogens with one attached hydrogen (secondary N) is 1. The van der Waals surface area contributed by atoms with Gasteiger partial charge in [0.05, 0.1) is 0 Å². The fourth-order valence-corrected chi connectivity index (χ4v) is 0.525. The summed E-state index contributed by atoms with van der Waals surface area (Å²) in [7, 11) is 0. The van der Waals surface area contributed by atoms with Gasteiger partial charge in [0.15, 0.2) is 0 Å². The number of hydrogen-bond acceptors (Lipinski definition) is 2. The maximum absolute atomic E-state index is 6.94. The van der Waals surface area contributed by atoms with Gasteiger partial charge in [-0.1, -0.05) is 18.7 Å². The fraction of sp³-hybridized carbons (Fsp3) is 0.125. The zero-order valence-corrected chi connectivity index (χ0v) is 6.09. The zero-order chi connectivity index (χ0) is 7.98. The number of allylic oxidation sites excluding steroid dienone is 4. The first-order chi connectivity index (χ1) is 4.76. The van der Waals surface area contributed by atoms with E-state index in [1.54, 1.807) is 6.08 Å². The lowest BCUT2D eigenvalue weighted by atomic mass is 10.2. The Morgan fingerprint density at radius 3 is 2.50 bits per heavy atom. The lowest BCUT2D eigenvalue weighted by molar-refractivity contribution is 1.39. The quantitative estimate of drug-likeness (QED) is 0.449. The van der Waals surface area contributed by atoms with Crippen LogP contribution in [0.25, 0.3) is 0 Å². The Hall–Kier alpha value is -1.31. The molecule has 0 saturated carbocycles. The Bertz CT molecular complexity index is 187. The highest BCUT2D eigenvalue weighted by molar-refractivity contribution is 5.81. The molecule has 0 aromatic heterocycles. The van der Waals surface area contributed by atoms with E-state index < -0.39 is 0 Å². The Labute approximate surface area is 61.3 Å². The summed E-state index contributed by atoms with van der Waals surface area (Å²) >= 11 is 0. The Morgan fingerprint density at radius 2 is 2.20 bits per heavy atom. The molecule has 54 valence electrons. The molecule has 3 N–H and O–H groups in total. The highest BCUT2D eigenvalue weighted by Gasteiger charge is 1.88. The summed E-state index contributed by atoms with van der Waals surface area (Å²) in [6.07, 6.45) is 6.33. The van der Waals surface area contributed by atoms with Gasteiger partial charge in [-0.15, -0.1) is 0 Å². The van der Waals surface area contributed by atoms with Gasteiger partial charge in [0.2, 0.25) is 0 Å². The third kappa shape index (κ3) is 2.31. The number of rotatable bonds is 3. The molecule has 0 spiro atoms. The molecular formula is C8H12N2. The smallest absolute Gasteiger partial charge is 0.0396 e. The summed E-state index contributed by atoms with van der Waals surface area (Å²) in [4.78, 5) is 0. The van der Waals surface area contributed by atoms with E-state index in [2.05, 4.69) is 6.58 Å². The standard InChI is InChI=1S/C8H12N2/c1-3-5-7(6-9)8(10)4-2/h3-6,9H,2,10H2,1H3/b5-3-,8-7-,9-6?. The van der Waals surface area contributed by atoms with Gasteiger partial charge in [0.25, 0.3) is 0 Å². The van der Waals surface area contributed by atoms with E-state index in [0.29, 0.717) is 11.3 Å². The van der Waals surface area contributed by atoms with Crippen LogP contribution in [0.4, 0.5) is 0 Å². The van der Waals surface area contributed by atoms with E-state index in [1.807, 2.05) is 13.0 Å². The first-order valence-electron chi connectivity index (χ1n) is 3.01. The predicted molar refractivity (Wildman–Crippen MR) is 45.0 cm³/mol. The van der Waals surface area contributed by atoms with E-state index in [9.17, 15) is 0 Å². The van der Waals surface area contributed by atoms with Crippen molar-refractivity contribution < 1.29 is 0 Å². The highest BCUT2D eigenvalue weighted by Crippen LogP contribution is 1.97. The van der Waals surface area contributed by atoms with Crippen LogP contribution in [-0.4, -0.2) is 6.21 Å². The Morgan fingerprint density at radius 1 is 1.60 bits per heavy atom. The van der Waals surface area contributed by atoms with Gasteiger partial charge >= 0.3 is 0 Å². The zero-order valence-electron chi connectivity index (χ0n) is 6.09. The molecular weight excluding hydrogens is 124 g/mol. The van der Waals surface area contributed by atoms with Gasteiger partial charge in [0.1, 0.15) is 0 Å². The van der Waals surface area contributed by atoms with E-state index >= 15 is 0 Å². The second kappa shape index (κ2) is 4.56. The molecule has 0 unspecified atom stereocenters. The summed E-state index contributed by atoms with van der Waals surface area (Å²) in [6, 6.07) is 0. The van der Waals surface area contributed by atoms with Crippen molar-refractivity contribution in [2.45, 2.75) is 6.92 Å². The van der Waals surface area contributed by atoms with Gasteiger partial charge in [-0.3, -0.25) is 0 Å². The maximum Gasteiger partial charge on any atom is 0.0396 e. The van der Waals surface area contributed by atoms with E-state index in [-0.39, 0.29) is 0 Å². The first-order valence-corrected chi connectivity index (χ1v) is 3.01. The Kier molecular flexibility index (Phi) is 3.96. The highest BCUT2D eigenvalue weighted by atomic mass is 14.6. The minimum atomic E-state index is 0.535. The monoisotopic (exact) mass is 136 g/mol. The molecule has 0 fully saturated rings. The summed E-state index contributed by atoms with van der Waals surface area (Å²) in [5, 5.41) is 6.94. The lowest BCUT2D eigenvalue weighted by Gasteiger charge is -1.94. The average molecular weight is 136 g/mol. The van der Waals surface area contributed by atoms with Crippen molar-refractivity contribution in [2.24, 2.45) is 5.73 Å². The van der Waals surface area contributed by atoms with Crippen LogP contribution < -0.4 is 5.73 Å². The van der Waals surface area contributed by atoms with Gasteiger partial charge < -0.3 is 11.1 Å². The average Bonchev–Trinajstić information content (AvgIpc) is 1.99. The predicted octanol–water partition coefficient (Wildman–Crippen LogP) is 1.61. The van der Waals surface area contributed by atoms with Crippen LogP contribution in [0.1, 0.15) is 6.92 Å². The van der Waals surface area contributed by atoms with Crippen LogP contribution in [-0.2, 0) is 0 Å². The van der Waals surface area contributed by atoms with Gasteiger partial charge in [-0.2, -0.15) is 0 Å². The molecule has 0 heterocycles. The molecule has 10 heavy (non-hydrogen) atoms. The molecule has 0 bridgehead atoms. The minimum absolute atomic E-state index is 0.535. The topological polar surface area (TPSA) is 49.9 Å². The summed E-state index contributed by atoms with van der Waals surface area (Å²) < 4.78 is 0. The second-order valence-corrected chi connectivity index (χ2v) is 1.76. The maximum atomic E-state index is 6.94. The summed E-state index contributed by atoms with van der Waals surface area (Å²) in [5.41, 5.74) is 6.70. The molecule has 0 radical (unpaired) electrons. The van der Waals surface area contributed by atoms with Crippen molar-refractivity contribution in [3.63, 3.8) is 0 Å². The molecule has 0 rings (SSSR count). The van der Waals surface area contributed by atoms with Crippen molar-refractivity contribution in [3.05, 3.63) is 36.1 Å². The van der Waals surface area contributed by atoms with Gasteiger partial charge in [0, 0.05) is 17.5 Å². The molecule has 0 aliphatic rings. The number of hydrogen-bond donors (Lipinski definition) is 2. The van der Waals surface area contributed by atoms with Crippen LogP contribution in [0.3, 0.4) is 0 Å². The lowest BCUT2D eigenvalue weighted by Crippen LogP contribution is -1.97. The fourth-order valence-electron chi connectivity index (χ4n) is 0.525. The van der Waals surface area contributed by atoms with Gasteiger partial charge in [-0.05, 0) is 13.0 Å². The van der Waals surface area contributed by atoms with E-state index in [1.165, 1.54) is 12.3 Å². The van der Waals surface area contributed by atoms with Crippen molar-refractivity contribution in [1.29, 1.82) is 5.41 Å². The normalized spacial score (nSPS) is 12.9. The molecule has 0 aromatic carbocycles. The second-order valence-electron chi connectivity index (χ2n) is 1.76. The molecule has 0 aliphatic carbocycles. The summed E-state index contributed by atoms with van der Waals surface area (Å²) in [5.74, 6) is 0. The SMILES string of the molecule is C=C/C(N)=C(C=N)\C=C/C. The molecule has 2 heteroatoms. The van der Waals surface area contributed by atoms with Crippen LogP contribution >= 0.6 is 0 Å². The minimum Gasteiger partial charge on any atom is -0.398 e. The largest absolute Gasteiger partial charge is 0.398 e. The number of nitrogens with two attached hydrogens (primary N) is 1. The van der Waals surface area contributed by atoms with Crippen molar-refractivity contribution in [2.75, 3.05) is 0 Å². The van der Waals surface area contributed by atoms with Crippen LogP contribution in [0.5, 0.6) is 0 Å². The van der Waals surface area contributed by atoms with Gasteiger partial charge in [-0.25, -0.2) is 0 Å². The molecule has 0 saturated heterocycles. The first kappa shape index (κ1) is 8.69. The van der Waals surface area contributed by atoms with E-state index in [0.717, 1.165) is 0 Å². The third-order valence-electron chi connectivity index (χ3n) is 1.05. The van der Waals surface area contributed by atoms with Crippen LogP contribution in [0.15, 0.2) is 36.1 Å². The van der Waals surface area contributed by atoms with Crippen molar-refractivity contribution in [1.82, 2.24) is 0 Å². The molecule has 0 atom stereocenters. The molecule has 0 aromatic rings. The third-order valence-corrected chi connectivity index (χ3v) is 1.05. The van der Waals surface area contributed by atoms with Crippen molar-refractivity contribution in [3.8, 4) is 0 Å². The summed E-state index contributed by atoms with van der Waals surface area (Å²) in [6.45, 7) is 5.37.